The molecule has 0 spiro atoms. The molecule has 0 aliphatic rings. The first-order valence-electron chi connectivity index (χ1n) is 9.12. The van der Waals surface area contributed by atoms with E-state index in [1.807, 2.05) is 18.2 Å². The van der Waals surface area contributed by atoms with Crippen molar-refractivity contribution in [1.29, 1.82) is 0 Å². The average Bonchev–Trinajstić information content (AvgIpc) is 2.73. The number of carbonyl (C=O) groups excluding carboxylic acids is 3. The van der Waals surface area contributed by atoms with Crippen LogP contribution in [0.2, 0.25) is 0 Å². The summed E-state index contributed by atoms with van der Waals surface area (Å²) < 4.78 is 10.1. The van der Waals surface area contributed by atoms with E-state index in [0.717, 1.165) is 0 Å². The van der Waals surface area contributed by atoms with Gasteiger partial charge in [0.05, 0.1) is 13.2 Å². The lowest BCUT2D eigenvalue weighted by atomic mass is 10.0. The Hall–Kier alpha value is -3.45. The summed E-state index contributed by atoms with van der Waals surface area (Å²) in [7, 11) is 0. The molecule has 0 heterocycles. The fourth-order valence-corrected chi connectivity index (χ4v) is 2.29. The van der Waals surface area contributed by atoms with Gasteiger partial charge in [0.2, 0.25) is 0 Å². The van der Waals surface area contributed by atoms with Crippen molar-refractivity contribution in [3.63, 3.8) is 0 Å². The quantitative estimate of drug-likeness (QED) is 0.278. The van der Waals surface area contributed by atoms with E-state index in [0.29, 0.717) is 28.9 Å². The van der Waals surface area contributed by atoms with Gasteiger partial charge in [-0.15, -0.1) is 0 Å². The molecule has 2 amide bonds. The smallest absolute Gasteiger partial charge is 0.333 e. The molecule has 2 aromatic carbocycles. The SMILES string of the molecule is C=C(C)C(=O)OCCOCCNC(=O)Nc1ccc(C(=O)c2ccccc2)cc1. The zero-order valence-electron chi connectivity index (χ0n) is 16.3. The van der Waals surface area contributed by atoms with E-state index >= 15 is 0 Å². The molecule has 0 aromatic heterocycles. The van der Waals surface area contributed by atoms with Crippen molar-refractivity contribution in [3.05, 3.63) is 77.9 Å². The molecule has 0 fully saturated rings. The van der Waals surface area contributed by atoms with Gasteiger partial charge in [-0.3, -0.25) is 4.79 Å². The normalized spacial score (nSPS) is 10.1. The molecule has 0 bridgehead atoms. The van der Waals surface area contributed by atoms with Crippen LogP contribution in [0.5, 0.6) is 0 Å². The van der Waals surface area contributed by atoms with Crippen LogP contribution in [0.25, 0.3) is 0 Å². The van der Waals surface area contributed by atoms with Crippen molar-refractivity contribution in [1.82, 2.24) is 5.32 Å². The Morgan fingerprint density at radius 1 is 0.897 bits per heavy atom. The van der Waals surface area contributed by atoms with Crippen LogP contribution in [0, 0.1) is 0 Å². The van der Waals surface area contributed by atoms with Gasteiger partial charge in [0.25, 0.3) is 0 Å². The Kier molecular flexibility index (Phi) is 8.59. The summed E-state index contributed by atoms with van der Waals surface area (Å²) in [5.74, 6) is -0.532. The van der Waals surface area contributed by atoms with Gasteiger partial charge in [-0.05, 0) is 31.2 Å². The molecule has 7 heteroatoms. The highest BCUT2D eigenvalue weighted by molar-refractivity contribution is 6.09. The van der Waals surface area contributed by atoms with Crippen LogP contribution in [0.15, 0.2) is 66.7 Å². The van der Waals surface area contributed by atoms with Gasteiger partial charge >= 0.3 is 12.0 Å². The number of carbonyl (C=O) groups is 3. The maximum Gasteiger partial charge on any atom is 0.333 e. The standard InChI is InChI=1S/C22H24N2O5/c1-16(2)21(26)29-15-14-28-13-12-23-22(27)24-19-10-8-18(9-11-19)20(25)17-6-4-3-5-7-17/h3-11H,1,12-15H2,2H3,(H2,23,24,27). The Labute approximate surface area is 169 Å². The van der Waals surface area contributed by atoms with Gasteiger partial charge in [0.1, 0.15) is 6.61 Å². The van der Waals surface area contributed by atoms with Crippen molar-refractivity contribution in [2.24, 2.45) is 0 Å². The summed E-state index contributed by atoms with van der Waals surface area (Å²) in [5.41, 5.74) is 2.06. The molecule has 2 rings (SSSR count). The monoisotopic (exact) mass is 396 g/mol. The van der Waals surface area contributed by atoms with Gasteiger partial charge in [-0.2, -0.15) is 0 Å². The molecule has 0 radical (unpaired) electrons. The third kappa shape index (κ3) is 7.59. The van der Waals surface area contributed by atoms with Crippen molar-refractivity contribution in [2.45, 2.75) is 6.92 Å². The summed E-state index contributed by atoms with van der Waals surface area (Å²) in [6.07, 6.45) is 0. The molecule has 0 saturated heterocycles. The second kappa shape index (κ2) is 11.4. The highest BCUT2D eigenvalue weighted by atomic mass is 16.6. The van der Waals surface area contributed by atoms with Crippen LogP contribution >= 0.6 is 0 Å². The van der Waals surface area contributed by atoms with Crippen molar-refractivity contribution in [3.8, 4) is 0 Å². The molecule has 0 atom stereocenters. The van der Waals surface area contributed by atoms with Crippen LogP contribution < -0.4 is 10.6 Å². The van der Waals surface area contributed by atoms with Crippen molar-refractivity contribution < 1.29 is 23.9 Å². The number of rotatable bonds is 10. The molecule has 0 unspecified atom stereocenters. The van der Waals surface area contributed by atoms with Crippen LogP contribution in [-0.2, 0) is 14.3 Å². The molecule has 7 nitrogen and oxygen atoms in total. The van der Waals surface area contributed by atoms with Gasteiger partial charge in [-0.1, -0.05) is 36.9 Å². The number of hydrogen-bond donors (Lipinski definition) is 2. The Balaban J connectivity index is 1.66. The number of esters is 1. The third-order valence-electron chi connectivity index (χ3n) is 3.78. The summed E-state index contributed by atoms with van der Waals surface area (Å²) in [6.45, 7) is 5.99. The number of nitrogens with one attached hydrogen (secondary N) is 2. The van der Waals surface area contributed by atoms with E-state index in [2.05, 4.69) is 17.2 Å². The third-order valence-corrected chi connectivity index (χ3v) is 3.78. The first kappa shape index (κ1) is 21.8. The highest BCUT2D eigenvalue weighted by Crippen LogP contribution is 2.13. The van der Waals surface area contributed by atoms with Gasteiger partial charge in [0, 0.05) is 28.9 Å². The van der Waals surface area contributed by atoms with Gasteiger partial charge < -0.3 is 20.1 Å². The van der Waals surface area contributed by atoms with Gasteiger partial charge in [-0.25, -0.2) is 9.59 Å². The van der Waals surface area contributed by atoms with E-state index in [9.17, 15) is 14.4 Å². The Bertz CT molecular complexity index is 847. The topological polar surface area (TPSA) is 93.7 Å². The largest absolute Gasteiger partial charge is 0.460 e. The summed E-state index contributed by atoms with van der Waals surface area (Å²) in [5, 5.41) is 5.33. The molecule has 0 aliphatic carbocycles. The molecule has 0 aliphatic heterocycles. The number of ether oxygens (including phenoxy) is 2. The molecular formula is C22H24N2O5. The van der Waals surface area contributed by atoms with Crippen molar-refractivity contribution in [2.75, 3.05) is 31.7 Å². The van der Waals surface area contributed by atoms with Crippen LogP contribution in [0.4, 0.5) is 10.5 Å². The minimum Gasteiger partial charge on any atom is -0.460 e. The van der Waals surface area contributed by atoms with Crippen molar-refractivity contribution >= 4 is 23.5 Å². The Morgan fingerprint density at radius 2 is 1.55 bits per heavy atom. The van der Waals surface area contributed by atoms with E-state index in [-0.39, 0.29) is 31.6 Å². The average molecular weight is 396 g/mol. The highest BCUT2D eigenvalue weighted by Gasteiger charge is 2.09. The maximum atomic E-state index is 12.4. The molecule has 152 valence electrons. The Morgan fingerprint density at radius 3 is 2.21 bits per heavy atom. The molecule has 2 aromatic rings. The predicted molar refractivity (Wildman–Crippen MR) is 110 cm³/mol. The zero-order chi connectivity index (χ0) is 21.1. The van der Waals surface area contributed by atoms with Gasteiger partial charge in [0.15, 0.2) is 5.78 Å². The lowest BCUT2D eigenvalue weighted by molar-refractivity contribution is -0.140. The summed E-state index contributed by atoms with van der Waals surface area (Å²) in [6, 6.07) is 15.3. The van der Waals surface area contributed by atoms with E-state index in [4.69, 9.17) is 9.47 Å². The number of urea groups is 1. The number of amides is 2. The lowest BCUT2D eigenvalue weighted by Gasteiger charge is -2.09. The molecular weight excluding hydrogens is 372 g/mol. The number of ketones is 1. The van der Waals surface area contributed by atoms with E-state index in [1.165, 1.54) is 0 Å². The van der Waals surface area contributed by atoms with Crippen LogP contribution in [0.3, 0.4) is 0 Å². The fraction of sp³-hybridized carbons (Fsp3) is 0.227. The molecule has 29 heavy (non-hydrogen) atoms. The second-order valence-electron chi connectivity index (χ2n) is 6.18. The van der Waals surface area contributed by atoms with E-state index in [1.54, 1.807) is 43.3 Å². The minimum absolute atomic E-state index is 0.0762. The maximum absolute atomic E-state index is 12.4. The first-order valence-corrected chi connectivity index (χ1v) is 9.12. The molecule has 2 N–H and O–H groups in total. The summed E-state index contributed by atoms with van der Waals surface area (Å²) in [4.78, 5) is 35.4. The number of hydrogen-bond acceptors (Lipinski definition) is 5. The first-order chi connectivity index (χ1) is 14.0. The lowest BCUT2D eigenvalue weighted by Crippen LogP contribution is -2.31. The predicted octanol–water partition coefficient (Wildman–Crippen LogP) is 3.18. The van der Waals surface area contributed by atoms with Crippen LogP contribution in [0.1, 0.15) is 22.8 Å². The second-order valence-corrected chi connectivity index (χ2v) is 6.18. The van der Waals surface area contributed by atoms with E-state index < -0.39 is 5.97 Å². The summed E-state index contributed by atoms with van der Waals surface area (Å²) >= 11 is 0. The van der Waals surface area contributed by atoms with Crippen LogP contribution in [-0.4, -0.2) is 44.1 Å². The zero-order valence-corrected chi connectivity index (χ0v) is 16.3. The minimum atomic E-state index is -0.456. The molecule has 0 saturated carbocycles. The number of anilines is 1. The number of benzene rings is 2. The fourth-order valence-electron chi connectivity index (χ4n) is 2.29.